The van der Waals surface area contributed by atoms with Crippen molar-refractivity contribution < 1.29 is 32.2 Å². The number of aromatic nitrogens is 2. The van der Waals surface area contributed by atoms with Crippen LogP contribution in [-0.4, -0.2) is 90.5 Å². The second kappa shape index (κ2) is 10.6. The summed E-state index contributed by atoms with van der Waals surface area (Å²) in [5, 5.41) is 0.457. The fourth-order valence-corrected chi connectivity index (χ4v) is 4.45. The molecule has 3 saturated heterocycles. The minimum absolute atomic E-state index is 0.0338. The first kappa shape index (κ1) is 24.9. The van der Waals surface area contributed by atoms with Crippen molar-refractivity contribution in [3.05, 3.63) is 17.4 Å². The second-order valence-corrected chi connectivity index (χ2v) is 8.93. The molecule has 2 amide bonds. The van der Waals surface area contributed by atoms with E-state index >= 15 is 0 Å². The van der Waals surface area contributed by atoms with Crippen LogP contribution in [0.3, 0.4) is 0 Å². The molecule has 14 heteroatoms. The maximum absolute atomic E-state index is 13.2. The smallest absolute Gasteiger partial charge is 0.373 e. The van der Waals surface area contributed by atoms with Crippen molar-refractivity contribution >= 4 is 29.4 Å². The molecule has 2 N–H and O–H groups in total. The Labute approximate surface area is 199 Å². The first-order valence-corrected chi connectivity index (χ1v) is 11.5. The Balaban J connectivity index is 1.19. The third-order valence-corrected chi connectivity index (χ3v) is 6.33. The molecule has 2 unspecified atom stereocenters. The van der Waals surface area contributed by atoms with Crippen LogP contribution in [0, 0.1) is 5.92 Å². The van der Waals surface area contributed by atoms with Gasteiger partial charge in [0.25, 0.3) is 0 Å². The SMILES string of the molecule is O=C1NNCC(OC[C@@H]2CC[C@H](CC(=O)N3CCN(c4ncc(Cl)cn4)CC3)O2)C1C(F)(F)F. The van der Waals surface area contributed by atoms with E-state index in [4.69, 9.17) is 21.1 Å². The fourth-order valence-electron chi connectivity index (χ4n) is 4.35. The number of carbonyl (C=O) groups is 2. The Morgan fingerprint density at radius 2 is 1.85 bits per heavy atom. The highest BCUT2D eigenvalue weighted by molar-refractivity contribution is 6.30. The Kier molecular flexibility index (Phi) is 7.75. The number of nitrogens with one attached hydrogen (secondary N) is 2. The maximum Gasteiger partial charge on any atom is 0.403 e. The number of rotatable bonds is 6. The van der Waals surface area contributed by atoms with Gasteiger partial charge in [-0.25, -0.2) is 15.4 Å². The summed E-state index contributed by atoms with van der Waals surface area (Å²) in [7, 11) is 0. The van der Waals surface area contributed by atoms with Gasteiger partial charge in [-0.3, -0.25) is 15.0 Å². The van der Waals surface area contributed by atoms with Crippen molar-refractivity contribution in [2.45, 2.75) is 43.8 Å². The number of ether oxygens (including phenoxy) is 2. The summed E-state index contributed by atoms with van der Waals surface area (Å²) in [5.74, 6) is -2.86. The molecule has 3 aliphatic rings. The molecule has 0 aliphatic carbocycles. The number of amides is 2. The summed E-state index contributed by atoms with van der Waals surface area (Å²) in [6, 6.07) is 0. The summed E-state index contributed by atoms with van der Waals surface area (Å²) in [6.07, 6.45) is -2.32. The van der Waals surface area contributed by atoms with Crippen LogP contribution in [0.25, 0.3) is 0 Å². The molecular weight excluding hydrogens is 481 g/mol. The van der Waals surface area contributed by atoms with Gasteiger partial charge in [0.05, 0.1) is 48.8 Å². The first-order valence-electron chi connectivity index (χ1n) is 11.1. The van der Waals surface area contributed by atoms with E-state index in [2.05, 4.69) is 15.4 Å². The molecule has 10 nitrogen and oxygen atoms in total. The van der Waals surface area contributed by atoms with E-state index in [0.717, 1.165) is 0 Å². The molecule has 0 bridgehead atoms. The molecule has 0 radical (unpaired) electrons. The maximum atomic E-state index is 13.2. The molecular formula is C20H26ClF3N6O4. The molecule has 3 fully saturated rings. The number of hydrogen-bond donors (Lipinski definition) is 2. The van der Waals surface area contributed by atoms with Crippen molar-refractivity contribution in [1.29, 1.82) is 0 Å². The molecule has 4 rings (SSSR count). The van der Waals surface area contributed by atoms with Crippen molar-refractivity contribution in [3.63, 3.8) is 0 Å². The zero-order valence-electron chi connectivity index (χ0n) is 18.3. The van der Waals surface area contributed by atoms with Gasteiger partial charge in [-0.15, -0.1) is 0 Å². The Morgan fingerprint density at radius 3 is 2.53 bits per heavy atom. The van der Waals surface area contributed by atoms with Crippen LogP contribution in [0.4, 0.5) is 19.1 Å². The predicted octanol–water partition coefficient (Wildman–Crippen LogP) is 0.914. The second-order valence-electron chi connectivity index (χ2n) is 8.49. The number of alkyl halides is 3. The lowest BCUT2D eigenvalue weighted by atomic mass is 9.99. The van der Waals surface area contributed by atoms with Gasteiger partial charge in [0.1, 0.15) is 0 Å². The average molecular weight is 507 g/mol. The van der Waals surface area contributed by atoms with E-state index in [1.54, 1.807) is 4.90 Å². The van der Waals surface area contributed by atoms with Gasteiger partial charge in [-0.1, -0.05) is 11.6 Å². The largest absolute Gasteiger partial charge is 0.403 e. The lowest BCUT2D eigenvalue weighted by Crippen LogP contribution is -2.60. The summed E-state index contributed by atoms with van der Waals surface area (Å²) >= 11 is 5.82. The van der Waals surface area contributed by atoms with Crippen molar-refractivity contribution in [1.82, 2.24) is 25.7 Å². The zero-order chi connectivity index (χ0) is 24.3. The van der Waals surface area contributed by atoms with E-state index in [9.17, 15) is 22.8 Å². The zero-order valence-corrected chi connectivity index (χ0v) is 19.0. The topological polar surface area (TPSA) is 109 Å². The molecule has 0 spiro atoms. The number of anilines is 1. The lowest BCUT2D eigenvalue weighted by molar-refractivity contribution is -0.215. The molecule has 1 aromatic rings. The van der Waals surface area contributed by atoms with Gasteiger partial charge >= 0.3 is 6.18 Å². The van der Waals surface area contributed by atoms with Crippen molar-refractivity contribution in [2.24, 2.45) is 5.92 Å². The molecule has 34 heavy (non-hydrogen) atoms. The van der Waals surface area contributed by atoms with Crippen LogP contribution in [0.5, 0.6) is 0 Å². The fraction of sp³-hybridized carbons (Fsp3) is 0.700. The number of hydrogen-bond acceptors (Lipinski definition) is 8. The highest BCUT2D eigenvalue weighted by Crippen LogP contribution is 2.32. The van der Waals surface area contributed by atoms with Crippen molar-refractivity contribution in [3.8, 4) is 0 Å². The Bertz CT molecular complexity index is 869. The number of piperazine rings is 1. The lowest BCUT2D eigenvalue weighted by Gasteiger charge is -2.35. The van der Waals surface area contributed by atoms with Crippen LogP contribution in [0.2, 0.25) is 5.02 Å². The van der Waals surface area contributed by atoms with Gasteiger partial charge in [0.2, 0.25) is 17.8 Å². The first-order chi connectivity index (χ1) is 16.2. The van der Waals surface area contributed by atoms with Gasteiger partial charge in [0.15, 0.2) is 5.92 Å². The minimum atomic E-state index is -4.70. The summed E-state index contributed by atoms with van der Waals surface area (Å²) in [6.45, 7) is 2.02. The standard InChI is InChI=1S/C20H26ClF3N6O4/c21-12-8-25-19(26-9-12)30-5-3-29(4-6-30)16(31)7-13-1-2-14(34-13)11-33-15-10-27-28-18(32)17(15)20(22,23)24/h8-9,13-15,17,27H,1-7,10-11H2,(H,28,32)/t13-,14+,15?,17?/m1/s1. The molecule has 3 aliphatic heterocycles. The van der Waals surface area contributed by atoms with E-state index in [1.807, 2.05) is 10.3 Å². The van der Waals surface area contributed by atoms with Crippen LogP contribution in [-0.2, 0) is 19.1 Å². The van der Waals surface area contributed by atoms with Gasteiger partial charge in [-0.2, -0.15) is 13.2 Å². The van der Waals surface area contributed by atoms with Crippen molar-refractivity contribution in [2.75, 3.05) is 44.2 Å². The van der Waals surface area contributed by atoms with Gasteiger partial charge in [-0.05, 0) is 12.8 Å². The third kappa shape index (κ3) is 6.06. The Morgan fingerprint density at radius 1 is 1.18 bits per heavy atom. The average Bonchev–Trinajstić information content (AvgIpc) is 3.24. The molecule has 4 atom stereocenters. The summed E-state index contributed by atoms with van der Waals surface area (Å²) in [5.41, 5.74) is 4.41. The molecule has 188 valence electrons. The molecule has 4 heterocycles. The molecule has 0 aromatic carbocycles. The predicted molar refractivity (Wildman–Crippen MR) is 114 cm³/mol. The minimum Gasteiger partial charge on any atom is -0.373 e. The van der Waals surface area contributed by atoms with Crippen LogP contribution in [0.1, 0.15) is 19.3 Å². The number of hydrazine groups is 1. The monoisotopic (exact) mass is 506 g/mol. The van der Waals surface area contributed by atoms with E-state index in [0.29, 0.717) is 50.0 Å². The molecule has 0 saturated carbocycles. The van der Waals surface area contributed by atoms with E-state index in [1.165, 1.54) is 12.4 Å². The van der Waals surface area contributed by atoms with Crippen LogP contribution >= 0.6 is 11.6 Å². The normalized spacial score (nSPS) is 28.2. The highest BCUT2D eigenvalue weighted by atomic mass is 35.5. The molecule has 1 aromatic heterocycles. The van der Waals surface area contributed by atoms with Gasteiger partial charge in [0, 0.05) is 32.7 Å². The van der Waals surface area contributed by atoms with Crippen LogP contribution < -0.4 is 15.8 Å². The highest BCUT2D eigenvalue weighted by Gasteiger charge is 2.52. The number of nitrogens with zero attached hydrogens (tertiary/aromatic N) is 4. The Hall–Kier alpha value is -2.22. The van der Waals surface area contributed by atoms with Crippen LogP contribution in [0.15, 0.2) is 12.4 Å². The third-order valence-electron chi connectivity index (χ3n) is 6.14. The van der Waals surface area contributed by atoms with E-state index in [-0.39, 0.29) is 31.6 Å². The summed E-state index contributed by atoms with van der Waals surface area (Å²) in [4.78, 5) is 36.5. The van der Waals surface area contributed by atoms with Gasteiger partial charge < -0.3 is 19.3 Å². The number of carbonyl (C=O) groups excluding carboxylic acids is 2. The quantitative estimate of drug-likeness (QED) is 0.586. The van der Waals surface area contributed by atoms with E-state index < -0.39 is 30.2 Å². The number of halogens is 4. The summed E-state index contributed by atoms with van der Waals surface area (Å²) < 4.78 is 50.9.